The Kier molecular flexibility index (Phi) is 6.45. The van der Waals surface area contributed by atoms with Crippen molar-refractivity contribution in [3.05, 3.63) is 74.8 Å². The summed E-state index contributed by atoms with van der Waals surface area (Å²) in [5, 5.41) is 4.49. The summed E-state index contributed by atoms with van der Waals surface area (Å²) < 4.78 is 6.93. The van der Waals surface area contributed by atoms with E-state index in [0.29, 0.717) is 29.1 Å². The number of benzene rings is 1. The van der Waals surface area contributed by atoms with Gasteiger partial charge in [0.25, 0.3) is 0 Å². The molecule has 1 atom stereocenters. The minimum atomic E-state index is -1.07. The number of hydrogen-bond donors (Lipinski definition) is 1. The third-order valence-electron chi connectivity index (χ3n) is 5.13. The van der Waals surface area contributed by atoms with Crippen LogP contribution in [0.1, 0.15) is 67.6 Å². The summed E-state index contributed by atoms with van der Waals surface area (Å²) in [5.41, 5.74) is 3.40. The quantitative estimate of drug-likeness (QED) is 0.431. The molecule has 0 saturated carbocycles. The van der Waals surface area contributed by atoms with Crippen LogP contribution in [0.5, 0.6) is 0 Å². The number of ketones is 2. The number of nitrogens with zero attached hydrogens (tertiary/aromatic N) is 2. The molecule has 0 aliphatic heterocycles. The first kappa shape index (κ1) is 22.5. The Balaban J connectivity index is 1.79. The van der Waals surface area contributed by atoms with Gasteiger partial charge in [-0.3, -0.25) is 9.59 Å². The van der Waals surface area contributed by atoms with Crippen LogP contribution in [0, 0.1) is 20.8 Å². The summed E-state index contributed by atoms with van der Waals surface area (Å²) in [6, 6.07) is 9.59. The number of nitrogens with one attached hydrogen (secondary N) is 1. The number of H-pyrrole nitrogens is 1. The molecule has 0 spiro atoms. The Morgan fingerprint density at radius 1 is 1.13 bits per heavy atom. The number of halogens is 1. The number of Topliss-reactive ketones (excluding diaryl/α,β-unsaturated/α-hetero) is 2. The minimum absolute atomic E-state index is 0.126. The number of rotatable bonds is 7. The molecule has 0 aliphatic carbocycles. The number of carbonyl (C=O) groups is 3. The van der Waals surface area contributed by atoms with Crippen LogP contribution in [0.3, 0.4) is 0 Å². The van der Waals surface area contributed by atoms with Crippen molar-refractivity contribution >= 4 is 29.1 Å². The highest BCUT2D eigenvalue weighted by Gasteiger charge is 2.29. The Morgan fingerprint density at radius 2 is 1.77 bits per heavy atom. The monoisotopic (exact) mass is 441 g/mol. The van der Waals surface area contributed by atoms with Gasteiger partial charge < -0.3 is 9.72 Å². The molecule has 0 saturated heterocycles. The Morgan fingerprint density at radius 3 is 2.35 bits per heavy atom. The smallest absolute Gasteiger partial charge is 0.343 e. The summed E-state index contributed by atoms with van der Waals surface area (Å²) in [6.45, 7) is 8.41. The fourth-order valence-electron chi connectivity index (χ4n) is 3.65. The molecule has 162 valence electrons. The van der Waals surface area contributed by atoms with Crippen molar-refractivity contribution in [1.82, 2.24) is 14.8 Å². The molecular weight excluding hydrogens is 418 g/mol. The number of hydrogen-bond acceptors (Lipinski definition) is 5. The highest BCUT2D eigenvalue weighted by atomic mass is 35.5. The lowest BCUT2D eigenvalue weighted by Gasteiger charge is -2.12. The van der Waals surface area contributed by atoms with Crippen LogP contribution < -0.4 is 0 Å². The zero-order valence-electron chi connectivity index (χ0n) is 18.1. The fraction of sp³-hybridized carbons (Fsp3) is 0.304. The molecule has 0 amide bonds. The second kappa shape index (κ2) is 8.89. The van der Waals surface area contributed by atoms with Crippen molar-refractivity contribution in [2.24, 2.45) is 0 Å². The van der Waals surface area contributed by atoms with Crippen LogP contribution in [-0.2, 0) is 11.3 Å². The van der Waals surface area contributed by atoms with Crippen molar-refractivity contribution in [2.45, 2.75) is 47.3 Å². The van der Waals surface area contributed by atoms with Gasteiger partial charge in [0.05, 0.1) is 17.9 Å². The highest BCUT2D eigenvalue weighted by Crippen LogP contribution is 2.24. The van der Waals surface area contributed by atoms with E-state index in [0.717, 1.165) is 5.56 Å². The minimum Gasteiger partial charge on any atom is -0.450 e. The van der Waals surface area contributed by atoms with E-state index in [2.05, 4.69) is 10.1 Å². The number of ether oxygens (including phenoxy) is 1. The van der Waals surface area contributed by atoms with Crippen molar-refractivity contribution < 1.29 is 19.1 Å². The molecular formula is C23H24ClN3O4. The molecule has 3 aromatic rings. The maximum atomic E-state index is 12.9. The van der Waals surface area contributed by atoms with Gasteiger partial charge >= 0.3 is 5.97 Å². The van der Waals surface area contributed by atoms with E-state index in [-0.39, 0.29) is 22.2 Å². The van der Waals surface area contributed by atoms with Crippen molar-refractivity contribution in [3.63, 3.8) is 0 Å². The molecule has 0 bridgehead atoms. The predicted molar refractivity (Wildman–Crippen MR) is 117 cm³/mol. The van der Waals surface area contributed by atoms with E-state index in [1.54, 1.807) is 20.8 Å². The van der Waals surface area contributed by atoms with Gasteiger partial charge in [0.1, 0.15) is 10.7 Å². The number of aromatic amines is 1. The standard InChI is InChI=1S/C23H24ClN3O4/c1-12-18(15(4)28)13(2)25-20(12)21(29)16(5)31-23(30)19-14(3)26-27(22(19)24)11-17-9-7-6-8-10-17/h6-10,16,25H,11H2,1-5H3. The summed E-state index contributed by atoms with van der Waals surface area (Å²) in [5.74, 6) is -1.29. The molecule has 2 heterocycles. The molecule has 7 nitrogen and oxygen atoms in total. The van der Waals surface area contributed by atoms with Crippen LogP contribution in [0.25, 0.3) is 0 Å². The van der Waals surface area contributed by atoms with Crippen molar-refractivity contribution in [1.29, 1.82) is 0 Å². The first-order valence-corrected chi connectivity index (χ1v) is 10.2. The molecule has 8 heteroatoms. The van der Waals surface area contributed by atoms with E-state index in [1.165, 1.54) is 18.5 Å². The first-order valence-electron chi connectivity index (χ1n) is 9.83. The van der Waals surface area contributed by atoms with Crippen LogP contribution in [-0.4, -0.2) is 38.4 Å². The molecule has 0 aliphatic rings. The zero-order valence-corrected chi connectivity index (χ0v) is 18.8. The topological polar surface area (TPSA) is 94.0 Å². The predicted octanol–water partition coefficient (Wildman–Crippen LogP) is 4.47. The van der Waals surface area contributed by atoms with Crippen LogP contribution in [0.15, 0.2) is 30.3 Å². The van der Waals surface area contributed by atoms with Gasteiger partial charge in [0.15, 0.2) is 11.9 Å². The largest absolute Gasteiger partial charge is 0.450 e. The number of esters is 1. The van der Waals surface area contributed by atoms with Crippen LogP contribution in [0.4, 0.5) is 0 Å². The molecule has 0 radical (unpaired) electrons. The lowest BCUT2D eigenvalue weighted by molar-refractivity contribution is 0.0316. The molecule has 3 rings (SSSR count). The van der Waals surface area contributed by atoms with Crippen LogP contribution >= 0.6 is 11.6 Å². The maximum Gasteiger partial charge on any atom is 0.343 e. The van der Waals surface area contributed by atoms with E-state index in [9.17, 15) is 14.4 Å². The number of carbonyl (C=O) groups excluding carboxylic acids is 3. The van der Waals surface area contributed by atoms with Crippen molar-refractivity contribution in [2.75, 3.05) is 0 Å². The average molecular weight is 442 g/mol. The Bertz CT molecular complexity index is 1160. The van der Waals surface area contributed by atoms with E-state index in [1.807, 2.05) is 30.3 Å². The number of aromatic nitrogens is 3. The van der Waals surface area contributed by atoms with Crippen molar-refractivity contribution in [3.8, 4) is 0 Å². The average Bonchev–Trinajstić information content (AvgIpc) is 3.16. The molecule has 1 unspecified atom stereocenters. The van der Waals surface area contributed by atoms with Gasteiger partial charge in [-0.15, -0.1) is 0 Å². The van der Waals surface area contributed by atoms with E-state index >= 15 is 0 Å². The van der Waals surface area contributed by atoms with Gasteiger partial charge in [-0.1, -0.05) is 41.9 Å². The van der Waals surface area contributed by atoms with Gasteiger partial charge in [0.2, 0.25) is 5.78 Å². The second-order valence-electron chi connectivity index (χ2n) is 7.49. The second-order valence-corrected chi connectivity index (χ2v) is 7.85. The lowest BCUT2D eigenvalue weighted by atomic mass is 10.0. The van der Waals surface area contributed by atoms with Crippen LogP contribution in [0.2, 0.25) is 5.15 Å². The molecule has 1 N–H and O–H groups in total. The Hall–Kier alpha value is -3.19. The summed E-state index contributed by atoms with van der Waals surface area (Å²) >= 11 is 6.41. The third kappa shape index (κ3) is 4.46. The normalized spacial score (nSPS) is 11.9. The third-order valence-corrected chi connectivity index (χ3v) is 5.52. The number of aryl methyl sites for hydroxylation is 2. The van der Waals surface area contributed by atoms with Gasteiger partial charge in [0, 0.05) is 11.3 Å². The highest BCUT2D eigenvalue weighted by molar-refractivity contribution is 6.32. The van der Waals surface area contributed by atoms with Gasteiger partial charge in [-0.05, 0) is 45.7 Å². The van der Waals surface area contributed by atoms with Gasteiger partial charge in [-0.25, -0.2) is 9.48 Å². The lowest BCUT2D eigenvalue weighted by Crippen LogP contribution is -2.25. The van der Waals surface area contributed by atoms with Gasteiger partial charge in [-0.2, -0.15) is 5.10 Å². The summed E-state index contributed by atoms with van der Waals surface area (Å²) in [4.78, 5) is 40.4. The first-order chi connectivity index (χ1) is 14.6. The Labute approximate surface area is 185 Å². The SMILES string of the molecule is CC(=O)c1c(C)[nH]c(C(=O)C(C)OC(=O)c2c(C)nn(Cc3ccccc3)c2Cl)c1C. The maximum absolute atomic E-state index is 12.9. The molecule has 31 heavy (non-hydrogen) atoms. The summed E-state index contributed by atoms with van der Waals surface area (Å²) in [6.07, 6.45) is -1.07. The zero-order chi connectivity index (χ0) is 22.9. The van der Waals surface area contributed by atoms with E-state index in [4.69, 9.17) is 16.3 Å². The molecule has 1 aromatic carbocycles. The fourth-order valence-corrected chi connectivity index (χ4v) is 3.96. The summed E-state index contributed by atoms with van der Waals surface area (Å²) in [7, 11) is 0. The molecule has 2 aromatic heterocycles. The molecule has 0 fully saturated rings. The van der Waals surface area contributed by atoms with E-state index < -0.39 is 17.9 Å².